The fourth-order valence-corrected chi connectivity index (χ4v) is 2.44. The van der Waals surface area contributed by atoms with Gasteiger partial charge in [0.25, 0.3) is 0 Å². The van der Waals surface area contributed by atoms with E-state index in [4.69, 9.17) is 5.73 Å². The Labute approximate surface area is 112 Å². The molecule has 1 aromatic carbocycles. The van der Waals surface area contributed by atoms with Gasteiger partial charge in [-0.15, -0.1) is 0 Å². The van der Waals surface area contributed by atoms with Crippen LogP contribution < -0.4 is 11.1 Å². The summed E-state index contributed by atoms with van der Waals surface area (Å²) in [5.74, 6) is 1.23. The van der Waals surface area contributed by atoms with Crippen LogP contribution >= 0.6 is 11.8 Å². The van der Waals surface area contributed by atoms with Crippen LogP contribution in [0.1, 0.15) is 12.8 Å². The summed E-state index contributed by atoms with van der Waals surface area (Å²) in [4.78, 5) is 4.33. The molecule has 0 aliphatic heterocycles. The number of anilines is 2. The van der Waals surface area contributed by atoms with E-state index in [0.717, 1.165) is 28.8 Å². The van der Waals surface area contributed by atoms with Gasteiger partial charge in [-0.2, -0.15) is 11.8 Å². The molecule has 0 saturated carbocycles. The molecule has 2 aromatic rings. The van der Waals surface area contributed by atoms with Crippen molar-refractivity contribution in [1.82, 2.24) is 4.98 Å². The summed E-state index contributed by atoms with van der Waals surface area (Å²) in [5, 5.41) is 4.57. The lowest BCUT2D eigenvalue weighted by atomic mass is 10.1. The predicted molar refractivity (Wildman–Crippen MR) is 82.3 cm³/mol. The monoisotopic (exact) mass is 261 g/mol. The third-order valence-electron chi connectivity index (χ3n) is 2.89. The van der Waals surface area contributed by atoms with Crippen LogP contribution in [-0.4, -0.2) is 23.5 Å². The lowest BCUT2D eigenvalue weighted by Crippen LogP contribution is -2.03. The fraction of sp³-hybridized carbons (Fsp3) is 0.357. The topological polar surface area (TPSA) is 50.9 Å². The molecule has 0 fully saturated rings. The third kappa shape index (κ3) is 3.07. The lowest BCUT2D eigenvalue weighted by molar-refractivity contribution is 0.844. The van der Waals surface area contributed by atoms with E-state index in [1.807, 2.05) is 30.0 Å². The molecule has 0 amide bonds. The molecule has 0 bridgehead atoms. The first-order chi connectivity index (χ1) is 8.83. The minimum Gasteiger partial charge on any atom is -0.397 e. The molecule has 18 heavy (non-hydrogen) atoms. The minimum absolute atomic E-state index is 0.735. The molecule has 0 aliphatic carbocycles. The number of hydrogen-bond donors (Lipinski definition) is 2. The summed E-state index contributed by atoms with van der Waals surface area (Å²) in [6.07, 6.45) is 6.36. The van der Waals surface area contributed by atoms with E-state index < -0.39 is 0 Å². The molecule has 0 unspecified atom stereocenters. The zero-order chi connectivity index (χ0) is 12.8. The van der Waals surface area contributed by atoms with E-state index in [1.165, 1.54) is 18.6 Å². The van der Waals surface area contributed by atoms with E-state index in [-0.39, 0.29) is 0 Å². The first kappa shape index (κ1) is 13.0. The molecule has 0 aliphatic rings. The van der Waals surface area contributed by atoms with Gasteiger partial charge in [0.15, 0.2) is 0 Å². The molecule has 0 spiro atoms. The molecule has 96 valence electrons. The van der Waals surface area contributed by atoms with Gasteiger partial charge >= 0.3 is 0 Å². The summed E-state index contributed by atoms with van der Waals surface area (Å²) in [5.41, 5.74) is 8.66. The number of thioether (sulfide) groups is 1. The molecule has 3 N–H and O–H groups in total. The van der Waals surface area contributed by atoms with Crippen molar-refractivity contribution in [3.63, 3.8) is 0 Å². The zero-order valence-corrected chi connectivity index (χ0v) is 11.5. The van der Waals surface area contributed by atoms with Crippen LogP contribution in [0.25, 0.3) is 10.9 Å². The van der Waals surface area contributed by atoms with Gasteiger partial charge in [0.05, 0.1) is 11.2 Å². The van der Waals surface area contributed by atoms with E-state index >= 15 is 0 Å². The first-order valence-corrected chi connectivity index (χ1v) is 7.58. The van der Waals surface area contributed by atoms with Crippen LogP contribution in [-0.2, 0) is 0 Å². The van der Waals surface area contributed by atoms with Crippen molar-refractivity contribution >= 4 is 34.0 Å². The van der Waals surface area contributed by atoms with E-state index in [9.17, 15) is 0 Å². The van der Waals surface area contributed by atoms with Gasteiger partial charge in [-0.25, -0.2) is 0 Å². The van der Waals surface area contributed by atoms with Gasteiger partial charge in [-0.1, -0.05) is 0 Å². The molecule has 2 rings (SSSR count). The molecule has 0 radical (unpaired) electrons. The molecule has 1 heterocycles. The van der Waals surface area contributed by atoms with E-state index in [2.05, 4.69) is 22.6 Å². The van der Waals surface area contributed by atoms with Crippen molar-refractivity contribution in [3.05, 3.63) is 30.5 Å². The molecule has 0 saturated heterocycles. The number of nitrogens with two attached hydrogens (primary N) is 1. The molecular weight excluding hydrogens is 242 g/mol. The Bertz CT molecular complexity index is 513. The van der Waals surface area contributed by atoms with Gasteiger partial charge < -0.3 is 11.1 Å². The SMILES string of the molecule is CSCCCCNc1ccc(N)c2ncccc12. The second-order valence-corrected chi connectivity index (χ2v) is 5.21. The standard InChI is InChI=1S/C14H19N3S/c1-18-10-3-2-8-16-13-7-6-12(15)14-11(13)5-4-9-17-14/h4-7,9,16H,2-3,8,10,15H2,1H3. The number of unbranched alkanes of at least 4 members (excludes halogenated alkanes) is 1. The van der Waals surface area contributed by atoms with Gasteiger partial charge in [0.1, 0.15) is 0 Å². The van der Waals surface area contributed by atoms with Crippen LogP contribution in [0.15, 0.2) is 30.5 Å². The minimum atomic E-state index is 0.735. The maximum absolute atomic E-state index is 5.93. The number of nitrogens with one attached hydrogen (secondary N) is 1. The maximum atomic E-state index is 5.93. The van der Waals surface area contributed by atoms with Crippen molar-refractivity contribution in [1.29, 1.82) is 0 Å². The number of fused-ring (bicyclic) bond motifs is 1. The number of aromatic nitrogens is 1. The quantitative estimate of drug-likeness (QED) is 0.618. The van der Waals surface area contributed by atoms with Crippen molar-refractivity contribution in [2.75, 3.05) is 29.6 Å². The van der Waals surface area contributed by atoms with Crippen molar-refractivity contribution < 1.29 is 0 Å². The maximum Gasteiger partial charge on any atom is 0.0951 e. The average Bonchev–Trinajstić information content (AvgIpc) is 2.41. The van der Waals surface area contributed by atoms with Crippen LogP contribution in [0.4, 0.5) is 11.4 Å². The van der Waals surface area contributed by atoms with Gasteiger partial charge in [0, 0.05) is 23.8 Å². The van der Waals surface area contributed by atoms with Crippen LogP contribution in [0.3, 0.4) is 0 Å². The van der Waals surface area contributed by atoms with Crippen LogP contribution in [0, 0.1) is 0 Å². The first-order valence-electron chi connectivity index (χ1n) is 6.19. The molecule has 4 heteroatoms. The third-order valence-corrected chi connectivity index (χ3v) is 3.59. The van der Waals surface area contributed by atoms with Crippen molar-refractivity contribution in [2.45, 2.75) is 12.8 Å². The van der Waals surface area contributed by atoms with Gasteiger partial charge in [0.2, 0.25) is 0 Å². The number of nitrogens with zero attached hydrogens (tertiary/aromatic N) is 1. The summed E-state index contributed by atoms with van der Waals surface area (Å²) in [6, 6.07) is 7.96. The second-order valence-electron chi connectivity index (χ2n) is 4.23. The van der Waals surface area contributed by atoms with Gasteiger partial charge in [-0.05, 0) is 49.1 Å². The highest BCUT2D eigenvalue weighted by molar-refractivity contribution is 7.98. The summed E-state index contributed by atoms with van der Waals surface area (Å²) in [6.45, 7) is 0.995. The largest absolute Gasteiger partial charge is 0.397 e. The van der Waals surface area contributed by atoms with Gasteiger partial charge in [-0.3, -0.25) is 4.98 Å². The Morgan fingerprint density at radius 2 is 2.17 bits per heavy atom. The Morgan fingerprint density at radius 3 is 3.00 bits per heavy atom. The Morgan fingerprint density at radius 1 is 1.28 bits per heavy atom. The molecular formula is C14H19N3S. The molecule has 1 aromatic heterocycles. The molecule has 0 atom stereocenters. The van der Waals surface area contributed by atoms with E-state index in [1.54, 1.807) is 6.20 Å². The molecule has 3 nitrogen and oxygen atoms in total. The number of benzene rings is 1. The van der Waals surface area contributed by atoms with Crippen molar-refractivity contribution in [2.24, 2.45) is 0 Å². The summed E-state index contributed by atoms with van der Waals surface area (Å²) >= 11 is 1.90. The zero-order valence-electron chi connectivity index (χ0n) is 10.6. The predicted octanol–water partition coefficient (Wildman–Crippen LogP) is 3.37. The Balaban J connectivity index is 2.07. The highest BCUT2D eigenvalue weighted by atomic mass is 32.2. The number of rotatable bonds is 6. The summed E-state index contributed by atoms with van der Waals surface area (Å²) in [7, 11) is 0. The fourth-order valence-electron chi connectivity index (χ4n) is 1.94. The van der Waals surface area contributed by atoms with Crippen LogP contribution in [0.2, 0.25) is 0 Å². The van der Waals surface area contributed by atoms with Crippen molar-refractivity contribution in [3.8, 4) is 0 Å². The Kier molecular flexibility index (Phi) is 4.70. The number of pyridine rings is 1. The highest BCUT2D eigenvalue weighted by Gasteiger charge is 2.03. The normalized spacial score (nSPS) is 10.7. The van der Waals surface area contributed by atoms with Crippen LogP contribution in [0.5, 0.6) is 0 Å². The number of nitrogen functional groups attached to an aromatic ring is 1. The summed E-state index contributed by atoms with van der Waals surface area (Å²) < 4.78 is 0. The average molecular weight is 261 g/mol. The number of hydrogen-bond acceptors (Lipinski definition) is 4. The second kappa shape index (κ2) is 6.50. The lowest BCUT2D eigenvalue weighted by Gasteiger charge is -2.10. The Hall–Kier alpha value is -1.42. The highest BCUT2D eigenvalue weighted by Crippen LogP contribution is 2.26. The smallest absolute Gasteiger partial charge is 0.0951 e. The van der Waals surface area contributed by atoms with E-state index in [0.29, 0.717) is 0 Å².